The van der Waals surface area contributed by atoms with Crippen molar-refractivity contribution in [1.29, 1.82) is 0 Å². The fourth-order valence-electron chi connectivity index (χ4n) is 2.34. The summed E-state index contributed by atoms with van der Waals surface area (Å²) >= 11 is 0. The lowest BCUT2D eigenvalue weighted by Gasteiger charge is -2.27. The first kappa shape index (κ1) is 15.2. The molecule has 1 aliphatic rings. The van der Waals surface area contributed by atoms with Gasteiger partial charge in [0.05, 0.1) is 0 Å². The molecule has 0 spiro atoms. The number of primary amides is 1. The van der Waals surface area contributed by atoms with Crippen LogP contribution in [0.5, 0.6) is 0 Å². The van der Waals surface area contributed by atoms with Gasteiger partial charge in [-0.05, 0) is 43.4 Å². The maximum atomic E-state index is 11.5. The minimum atomic E-state index is -0.634. The van der Waals surface area contributed by atoms with Crippen LogP contribution in [0.25, 0.3) is 0 Å². The molecule has 1 aromatic heterocycles. The van der Waals surface area contributed by atoms with E-state index >= 15 is 0 Å². The van der Waals surface area contributed by atoms with Gasteiger partial charge in [-0.2, -0.15) is 4.98 Å². The second-order valence-electron chi connectivity index (χ2n) is 5.64. The number of anilines is 3. The maximum absolute atomic E-state index is 11.5. The second-order valence-corrected chi connectivity index (χ2v) is 5.64. The molecule has 2 aromatic rings. The highest BCUT2D eigenvalue weighted by atomic mass is 16.1. The first-order valence-electron chi connectivity index (χ1n) is 7.82. The predicted octanol–water partition coefficient (Wildman–Crippen LogP) is 2.24. The van der Waals surface area contributed by atoms with Crippen LogP contribution < -0.4 is 16.4 Å². The normalized spacial score (nSPS) is 14.1. The Labute approximate surface area is 134 Å². The number of benzene rings is 1. The highest BCUT2D eigenvalue weighted by Crippen LogP contribution is 2.24. The Kier molecular flexibility index (Phi) is 4.36. The lowest BCUT2D eigenvalue weighted by Crippen LogP contribution is -2.30. The number of nitrogens with two attached hydrogens (primary N) is 1. The Morgan fingerprint density at radius 3 is 2.57 bits per heavy atom. The fourth-order valence-corrected chi connectivity index (χ4v) is 2.34. The first-order chi connectivity index (χ1) is 11.2. The third kappa shape index (κ3) is 3.56. The van der Waals surface area contributed by atoms with Gasteiger partial charge in [-0.3, -0.25) is 4.79 Å². The molecule has 4 N–H and O–H groups in total. The van der Waals surface area contributed by atoms with Gasteiger partial charge in [0.1, 0.15) is 0 Å². The van der Waals surface area contributed by atoms with Gasteiger partial charge in [0.25, 0.3) is 5.91 Å². The molecule has 0 unspecified atom stereocenters. The Morgan fingerprint density at radius 1 is 1.26 bits per heavy atom. The molecule has 7 nitrogen and oxygen atoms in total. The largest absolute Gasteiger partial charge is 0.365 e. The van der Waals surface area contributed by atoms with Crippen molar-refractivity contribution in [2.24, 2.45) is 5.73 Å². The van der Waals surface area contributed by atoms with Gasteiger partial charge in [-0.25, -0.2) is 0 Å². The van der Waals surface area contributed by atoms with E-state index in [1.54, 1.807) is 0 Å². The molecule has 23 heavy (non-hydrogen) atoms. The van der Waals surface area contributed by atoms with Crippen LogP contribution >= 0.6 is 0 Å². The summed E-state index contributed by atoms with van der Waals surface area (Å²) in [4.78, 5) is 15.8. The number of aromatic nitrogens is 3. The molecule has 120 valence electrons. The molecule has 1 aliphatic carbocycles. The first-order valence-corrected chi connectivity index (χ1v) is 7.82. The lowest BCUT2D eigenvalue weighted by molar-refractivity contribution is 0.0995. The third-order valence-corrected chi connectivity index (χ3v) is 3.98. The van der Waals surface area contributed by atoms with Crippen LogP contribution in [-0.4, -0.2) is 27.1 Å². The average molecular weight is 312 g/mol. The van der Waals surface area contributed by atoms with Gasteiger partial charge in [-0.15, -0.1) is 10.2 Å². The van der Waals surface area contributed by atoms with E-state index in [0.29, 0.717) is 17.8 Å². The molecule has 1 heterocycles. The van der Waals surface area contributed by atoms with Crippen molar-refractivity contribution < 1.29 is 4.79 Å². The van der Waals surface area contributed by atoms with Crippen molar-refractivity contribution in [3.8, 4) is 0 Å². The Morgan fingerprint density at radius 2 is 2.00 bits per heavy atom. The molecule has 1 saturated carbocycles. The van der Waals surface area contributed by atoms with Gasteiger partial charge in [-0.1, -0.05) is 19.1 Å². The summed E-state index contributed by atoms with van der Waals surface area (Å²) in [6.07, 6.45) is 4.28. The van der Waals surface area contributed by atoms with Crippen LogP contribution in [0.15, 0.2) is 24.3 Å². The van der Waals surface area contributed by atoms with Crippen molar-refractivity contribution in [2.75, 3.05) is 10.6 Å². The average Bonchev–Trinajstić information content (AvgIpc) is 2.51. The summed E-state index contributed by atoms with van der Waals surface area (Å²) in [5.74, 6) is 0.0941. The quantitative estimate of drug-likeness (QED) is 0.755. The third-order valence-electron chi connectivity index (χ3n) is 3.98. The minimum Gasteiger partial charge on any atom is -0.365 e. The van der Waals surface area contributed by atoms with Crippen molar-refractivity contribution in [2.45, 2.75) is 38.6 Å². The number of hydrogen-bond acceptors (Lipinski definition) is 6. The van der Waals surface area contributed by atoms with Gasteiger partial charge in [0.15, 0.2) is 11.5 Å². The Hall–Kier alpha value is -2.70. The number of rotatable bonds is 6. The number of carbonyl (C=O) groups is 1. The summed E-state index contributed by atoms with van der Waals surface area (Å²) in [7, 11) is 0. The van der Waals surface area contributed by atoms with Gasteiger partial charge >= 0.3 is 0 Å². The molecule has 0 bridgehead atoms. The lowest BCUT2D eigenvalue weighted by atomic mass is 9.93. The number of nitrogens with one attached hydrogen (secondary N) is 2. The van der Waals surface area contributed by atoms with Gasteiger partial charge in [0, 0.05) is 11.7 Å². The van der Waals surface area contributed by atoms with E-state index in [1.807, 2.05) is 24.3 Å². The summed E-state index contributed by atoms with van der Waals surface area (Å²) < 4.78 is 0. The molecule has 1 amide bonds. The molecular formula is C16H20N6O. The monoisotopic (exact) mass is 312 g/mol. The minimum absolute atomic E-state index is 0.0729. The maximum Gasteiger partial charge on any atom is 0.273 e. The predicted molar refractivity (Wildman–Crippen MR) is 88.7 cm³/mol. The van der Waals surface area contributed by atoms with E-state index in [-0.39, 0.29) is 5.69 Å². The molecule has 0 saturated heterocycles. The van der Waals surface area contributed by atoms with E-state index in [4.69, 9.17) is 5.73 Å². The van der Waals surface area contributed by atoms with Crippen molar-refractivity contribution in [3.63, 3.8) is 0 Å². The van der Waals surface area contributed by atoms with Crippen LogP contribution in [0.2, 0.25) is 0 Å². The molecule has 0 aliphatic heterocycles. The molecule has 1 fully saturated rings. The zero-order chi connectivity index (χ0) is 16.2. The number of aryl methyl sites for hydroxylation is 1. The summed E-state index contributed by atoms with van der Waals surface area (Å²) in [5, 5.41) is 14.2. The molecule has 3 rings (SSSR count). The van der Waals surface area contributed by atoms with E-state index in [9.17, 15) is 4.79 Å². The number of nitrogens with zero attached hydrogens (tertiary/aromatic N) is 3. The molecule has 7 heteroatoms. The number of amides is 1. The van der Waals surface area contributed by atoms with Crippen LogP contribution in [-0.2, 0) is 6.42 Å². The van der Waals surface area contributed by atoms with Crippen molar-refractivity contribution >= 4 is 23.4 Å². The molecule has 0 atom stereocenters. The summed E-state index contributed by atoms with van der Waals surface area (Å²) in [6.45, 7) is 2.11. The molecular weight excluding hydrogens is 292 g/mol. The molecule has 0 radical (unpaired) electrons. The van der Waals surface area contributed by atoms with Crippen LogP contribution in [0, 0.1) is 0 Å². The SMILES string of the molecule is CCc1ccc(Nc2nnc(C(N)=O)c(NC3CCC3)n2)cc1. The van der Waals surface area contributed by atoms with Gasteiger partial charge in [0.2, 0.25) is 5.95 Å². The van der Waals surface area contributed by atoms with E-state index < -0.39 is 5.91 Å². The zero-order valence-electron chi connectivity index (χ0n) is 13.0. The summed E-state index contributed by atoms with van der Waals surface area (Å²) in [6, 6.07) is 8.33. The highest BCUT2D eigenvalue weighted by molar-refractivity contribution is 5.95. The van der Waals surface area contributed by atoms with E-state index in [2.05, 4.69) is 32.7 Å². The van der Waals surface area contributed by atoms with Crippen LogP contribution in [0.4, 0.5) is 17.5 Å². The topological polar surface area (TPSA) is 106 Å². The van der Waals surface area contributed by atoms with E-state index in [1.165, 1.54) is 12.0 Å². The fraction of sp³-hybridized carbons (Fsp3) is 0.375. The number of carbonyl (C=O) groups excluding carboxylic acids is 1. The van der Waals surface area contributed by atoms with Crippen molar-refractivity contribution in [3.05, 3.63) is 35.5 Å². The van der Waals surface area contributed by atoms with E-state index in [0.717, 1.165) is 24.9 Å². The smallest absolute Gasteiger partial charge is 0.273 e. The Bertz CT molecular complexity index is 696. The highest BCUT2D eigenvalue weighted by Gasteiger charge is 2.22. The van der Waals surface area contributed by atoms with Gasteiger partial charge < -0.3 is 16.4 Å². The molecule has 1 aromatic carbocycles. The standard InChI is InChI=1S/C16H20N6O/c1-2-10-6-8-12(9-7-10)19-16-20-15(18-11-4-3-5-11)13(14(17)23)21-22-16/h6-9,11H,2-5H2,1H3,(H2,17,23)(H2,18,19,20,22). The summed E-state index contributed by atoms with van der Waals surface area (Å²) in [5.41, 5.74) is 7.54. The Balaban J connectivity index is 1.80. The van der Waals surface area contributed by atoms with Crippen LogP contribution in [0.3, 0.4) is 0 Å². The van der Waals surface area contributed by atoms with Crippen molar-refractivity contribution in [1.82, 2.24) is 15.2 Å². The number of hydrogen-bond donors (Lipinski definition) is 3. The zero-order valence-corrected chi connectivity index (χ0v) is 13.0. The second kappa shape index (κ2) is 6.60. The van der Waals surface area contributed by atoms with Crippen LogP contribution in [0.1, 0.15) is 42.2 Å².